The molecule has 0 bridgehead atoms. The third-order valence-electron chi connectivity index (χ3n) is 3.02. The van der Waals surface area contributed by atoms with Gasteiger partial charge in [0.25, 0.3) is 5.56 Å². The SMILES string of the molecule is Nc1nc(N(N)[C@H]2CC[C@@H](COP(=O)(O)S)O2)c(N)c(=O)[nH]1. The molecule has 13 heteroatoms. The van der Waals surface area contributed by atoms with E-state index >= 15 is 0 Å². The Morgan fingerprint density at radius 3 is 2.86 bits per heavy atom. The number of aromatic nitrogens is 2. The fraction of sp³-hybridized carbons (Fsp3) is 0.556. The fourth-order valence-electron chi connectivity index (χ4n) is 2.01. The van der Waals surface area contributed by atoms with E-state index in [1.807, 2.05) is 0 Å². The molecule has 8 N–H and O–H groups in total. The van der Waals surface area contributed by atoms with E-state index in [1.54, 1.807) is 0 Å². The average Bonchev–Trinajstić information content (AvgIpc) is 2.88. The van der Waals surface area contributed by atoms with Crippen molar-refractivity contribution in [3.8, 4) is 0 Å². The third kappa shape index (κ3) is 4.12. The Bertz CT molecular complexity index is 650. The maximum atomic E-state index is 11.5. The Hall–Kier alpha value is -1.30. The van der Waals surface area contributed by atoms with Crippen LogP contribution in [-0.4, -0.2) is 33.8 Å². The Labute approximate surface area is 130 Å². The van der Waals surface area contributed by atoms with Gasteiger partial charge >= 0.3 is 6.80 Å². The highest BCUT2D eigenvalue weighted by atomic mass is 32.7. The van der Waals surface area contributed by atoms with Gasteiger partial charge in [0.15, 0.2) is 5.82 Å². The molecule has 22 heavy (non-hydrogen) atoms. The zero-order valence-electron chi connectivity index (χ0n) is 11.4. The summed E-state index contributed by atoms with van der Waals surface area (Å²) < 4.78 is 21.2. The highest BCUT2D eigenvalue weighted by Crippen LogP contribution is 2.47. The number of anilines is 3. The number of ether oxygens (including phenoxy) is 1. The largest absolute Gasteiger partial charge is 0.391 e. The molecule has 0 spiro atoms. The minimum Gasteiger partial charge on any atom is -0.391 e. The highest BCUT2D eigenvalue weighted by Gasteiger charge is 2.32. The fourth-order valence-corrected chi connectivity index (χ4v) is 2.58. The van der Waals surface area contributed by atoms with Crippen LogP contribution in [0.4, 0.5) is 17.5 Å². The molecule has 11 nitrogen and oxygen atoms in total. The predicted octanol–water partition coefficient (Wildman–Crippen LogP) is -0.834. The first-order valence-corrected chi connectivity index (χ1v) is 8.95. The summed E-state index contributed by atoms with van der Waals surface area (Å²) in [5, 5.41) is 1.10. The van der Waals surface area contributed by atoms with Gasteiger partial charge in [0.05, 0.1) is 12.7 Å². The lowest BCUT2D eigenvalue weighted by Crippen LogP contribution is -2.43. The summed E-state index contributed by atoms with van der Waals surface area (Å²) in [5.41, 5.74) is 10.3. The van der Waals surface area contributed by atoms with Crippen molar-refractivity contribution in [2.45, 2.75) is 25.2 Å². The Balaban J connectivity index is 2.05. The van der Waals surface area contributed by atoms with E-state index in [1.165, 1.54) is 0 Å². The van der Waals surface area contributed by atoms with Crippen molar-refractivity contribution in [1.82, 2.24) is 9.97 Å². The number of nitrogens with one attached hydrogen (secondary N) is 1. The van der Waals surface area contributed by atoms with E-state index < -0.39 is 24.7 Å². The van der Waals surface area contributed by atoms with Gasteiger partial charge in [-0.3, -0.25) is 19.3 Å². The summed E-state index contributed by atoms with van der Waals surface area (Å²) >= 11 is 3.40. The molecule has 2 rings (SSSR count). The number of aromatic amines is 1. The number of hydrazine groups is 1. The number of nitrogen functional groups attached to an aromatic ring is 2. The lowest BCUT2D eigenvalue weighted by atomic mass is 10.2. The van der Waals surface area contributed by atoms with Gasteiger partial charge in [-0.25, -0.2) is 10.4 Å². The number of hydrogen-bond donors (Lipinski definition) is 6. The van der Waals surface area contributed by atoms with Crippen LogP contribution < -0.4 is 27.9 Å². The summed E-state index contributed by atoms with van der Waals surface area (Å²) in [5.74, 6) is 5.75. The molecule has 0 aliphatic carbocycles. The highest BCUT2D eigenvalue weighted by molar-refractivity contribution is 8.44. The average molecular weight is 352 g/mol. The van der Waals surface area contributed by atoms with Gasteiger partial charge in [-0.15, -0.1) is 0 Å². The van der Waals surface area contributed by atoms with Crippen molar-refractivity contribution in [1.29, 1.82) is 0 Å². The molecule has 1 aliphatic heterocycles. The molecule has 0 aromatic carbocycles. The van der Waals surface area contributed by atoms with Gasteiger partial charge in [0, 0.05) is 0 Å². The summed E-state index contributed by atoms with van der Waals surface area (Å²) in [6.45, 7) is -3.97. The van der Waals surface area contributed by atoms with E-state index in [0.29, 0.717) is 12.8 Å². The smallest absolute Gasteiger partial charge is 0.383 e. The molecular weight excluding hydrogens is 335 g/mol. The first-order chi connectivity index (χ1) is 10.2. The lowest BCUT2D eigenvalue weighted by molar-refractivity contribution is 0.0153. The van der Waals surface area contributed by atoms with E-state index in [9.17, 15) is 9.36 Å². The standard InChI is InChI=1S/C9H17N6O5PS/c10-6-7(13-9(11)14-8(6)16)15(12)5-2-1-4(20-5)3-19-21(17,18)22/h4-5H,1-3,10,12H2,(H2,17,18,22)(H3,11,13,14,16)/t4-,5+/m0/s1. The first-order valence-electron chi connectivity index (χ1n) is 6.22. The molecule has 1 aromatic heterocycles. The number of hydrogen-bond acceptors (Lipinski definition) is 9. The second-order valence-corrected chi connectivity index (χ2v) is 7.43. The minimum atomic E-state index is -3.87. The summed E-state index contributed by atoms with van der Waals surface area (Å²) in [6.07, 6.45) is -0.0439. The number of thiol groups is 1. The number of nitrogens with two attached hydrogens (primary N) is 3. The molecule has 2 heterocycles. The van der Waals surface area contributed by atoms with E-state index in [0.717, 1.165) is 5.01 Å². The molecule has 1 aliphatic rings. The van der Waals surface area contributed by atoms with Gasteiger partial charge in [-0.05, 0) is 12.8 Å². The van der Waals surface area contributed by atoms with E-state index in [4.69, 9.17) is 26.9 Å². The Morgan fingerprint density at radius 1 is 1.55 bits per heavy atom. The van der Waals surface area contributed by atoms with Crippen LogP contribution in [0.1, 0.15) is 12.8 Å². The quantitative estimate of drug-likeness (QED) is 0.169. The molecule has 1 fully saturated rings. The van der Waals surface area contributed by atoms with Gasteiger partial charge in [0.2, 0.25) is 5.95 Å². The van der Waals surface area contributed by atoms with Gasteiger partial charge < -0.3 is 21.1 Å². The summed E-state index contributed by atoms with van der Waals surface area (Å²) in [7, 11) is 0. The molecular formula is C9H17N6O5PS. The maximum Gasteiger partial charge on any atom is 0.383 e. The van der Waals surface area contributed by atoms with Crippen LogP contribution in [0.25, 0.3) is 0 Å². The van der Waals surface area contributed by atoms with Crippen LogP contribution in [0.3, 0.4) is 0 Å². The van der Waals surface area contributed by atoms with Crippen LogP contribution in [0.5, 0.6) is 0 Å². The lowest BCUT2D eigenvalue weighted by Gasteiger charge is -2.25. The third-order valence-corrected chi connectivity index (χ3v) is 3.85. The van der Waals surface area contributed by atoms with Crippen LogP contribution in [0, 0.1) is 0 Å². The monoisotopic (exact) mass is 352 g/mol. The van der Waals surface area contributed by atoms with Crippen molar-refractivity contribution >= 4 is 36.5 Å². The minimum absolute atomic E-state index is 0.00477. The Morgan fingerprint density at radius 2 is 2.23 bits per heavy atom. The second-order valence-electron chi connectivity index (χ2n) is 4.67. The molecule has 1 saturated heterocycles. The topological polar surface area (TPSA) is 183 Å². The van der Waals surface area contributed by atoms with E-state index in [-0.39, 0.29) is 24.1 Å². The normalized spacial score (nSPS) is 24.1. The maximum absolute atomic E-state index is 11.5. The summed E-state index contributed by atoms with van der Waals surface area (Å²) in [6, 6.07) is 0. The zero-order chi connectivity index (χ0) is 16.5. The molecule has 124 valence electrons. The molecule has 1 unspecified atom stereocenters. The predicted molar refractivity (Wildman–Crippen MR) is 83.0 cm³/mol. The van der Waals surface area contributed by atoms with Crippen molar-refractivity contribution < 1.29 is 18.7 Å². The second kappa shape index (κ2) is 6.44. The van der Waals surface area contributed by atoms with E-state index in [2.05, 4.69) is 26.7 Å². The van der Waals surface area contributed by atoms with Crippen LogP contribution >= 0.6 is 19.0 Å². The Kier molecular flexibility index (Phi) is 5.00. The molecule has 0 saturated carbocycles. The van der Waals surface area contributed by atoms with Gasteiger partial charge in [-0.2, -0.15) is 4.98 Å². The summed E-state index contributed by atoms with van der Waals surface area (Å²) in [4.78, 5) is 26.6. The van der Waals surface area contributed by atoms with Crippen LogP contribution in [-0.2, 0) is 13.8 Å². The zero-order valence-corrected chi connectivity index (χ0v) is 13.2. The van der Waals surface area contributed by atoms with Gasteiger partial charge in [0.1, 0.15) is 11.9 Å². The first kappa shape index (κ1) is 17.1. The molecule has 0 radical (unpaired) electrons. The molecule has 1 aromatic rings. The van der Waals surface area contributed by atoms with Gasteiger partial charge in [-0.1, -0.05) is 12.2 Å². The van der Waals surface area contributed by atoms with Crippen molar-refractivity contribution in [2.75, 3.05) is 23.1 Å². The number of rotatable bonds is 5. The number of nitrogens with zero attached hydrogens (tertiary/aromatic N) is 2. The van der Waals surface area contributed by atoms with Crippen molar-refractivity contribution in [3.05, 3.63) is 10.4 Å². The van der Waals surface area contributed by atoms with Crippen LogP contribution in [0.2, 0.25) is 0 Å². The molecule has 0 amide bonds. The van der Waals surface area contributed by atoms with Crippen LogP contribution in [0.15, 0.2) is 4.79 Å². The van der Waals surface area contributed by atoms with Crippen molar-refractivity contribution in [3.63, 3.8) is 0 Å². The number of H-pyrrole nitrogens is 1. The molecule has 3 atom stereocenters. The van der Waals surface area contributed by atoms with Crippen molar-refractivity contribution in [2.24, 2.45) is 5.84 Å².